The minimum atomic E-state index is 0.580. The zero-order valence-electron chi connectivity index (χ0n) is 13.3. The van der Waals surface area contributed by atoms with Gasteiger partial charge in [-0.1, -0.05) is 44.2 Å². The van der Waals surface area contributed by atoms with Crippen molar-refractivity contribution >= 4 is 5.82 Å². The second-order valence-electron chi connectivity index (χ2n) is 6.10. The molecule has 1 aromatic carbocycles. The summed E-state index contributed by atoms with van der Waals surface area (Å²) in [7, 11) is 0. The van der Waals surface area contributed by atoms with Crippen molar-refractivity contribution in [3.8, 4) is 11.4 Å². The SMILES string of the molecule is CC(C)Cc1cc(N2CCOCC2)nc(-c2ccccc2)n1. The van der Waals surface area contributed by atoms with E-state index in [-0.39, 0.29) is 0 Å². The molecule has 2 aromatic rings. The van der Waals surface area contributed by atoms with Crippen molar-refractivity contribution in [2.45, 2.75) is 20.3 Å². The van der Waals surface area contributed by atoms with Gasteiger partial charge < -0.3 is 9.64 Å². The molecule has 0 bridgehead atoms. The second-order valence-corrected chi connectivity index (χ2v) is 6.10. The number of ether oxygens (including phenoxy) is 1. The van der Waals surface area contributed by atoms with Crippen molar-refractivity contribution in [1.82, 2.24) is 9.97 Å². The Balaban J connectivity index is 1.97. The monoisotopic (exact) mass is 297 g/mol. The van der Waals surface area contributed by atoms with E-state index < -0.39 is 0 Å². The predicted molar refractivity (Wildman–Crippen MR) is 89.0 cm³/mol. The Bertz CT molecular complexity index is 607. The van der Waals surface area contributed by atoms with Gasteiger partial charge in [-0.25, -0.2) is 9.97 Å². The van der Waals surface area contributed by atoms with E-state index in [9.17, 15) is 0 Å². The standard InChI is InChI=1S/C18H23N3O/c1-14(2)12-16-13-17(21-8-10-22-11-9-21)20-18(19-16)15-6-4-3-5-7-15/h3-7,13-14H,8-12H2,1-2H3. The third kappa shape index (κ3) is 3.63. The van der Waals surface area contributed by atoms with Crippen LogP contribution in [0.5, 0.6) is 0 Å². The van der Waals surface area contributed by atoms with Gasteiger partial charge in [-0.2, -0.15) is 0 Å². The van der Waals surface area contributed by atoms with Gasteiger partial charge >= 0.3 is 0 Å². The van der Waals surface area contributed by atoms with Crippen molar-refractivity contribution in [2.75, 3.05) is 31.2 Å². The molecule has 1 fully saturated rings. The summed E-state index contributed by atoms with van der Waals surface area (Å²) >= 11 is 0. The van der Waals surface area contributed by atoms with Gasteiger partial charge in [0.1, 0.15) is 5.82 Å². The molecule has 4 nitrogen and oxygen atoms in total. The normalized spacial score (nSPS) is 15.3. The van der Waals surface area contributed by atoms with E-state index in [2.05, 4.69) is 36.9 Å². The first-order valence-corrected chi connectivity index (χ1v) is 7.98. The summed E-state index contributed by atoms with van der Waals surface area (Å²) in [6, 6.07) is 12.3. The van der Waals surface area contributed by atoms with Crippen LogP contribution >= 0.6 is 0 Å². The average molecular weight is 297 g/mol. The molecule has 1 aliphatic rings. The van der Waals surface area contributed by atoms with Crippen molar-refractivity contribution in [3.63, 3.8) is 0 Å². The maximum atomic E-state index is 5.45. The first kappa shape index (κ1) is 15.0. The highest BCUT2D eigenvalue weighted by atomic mass is 16.5. The molecule has 0 radical (unpaired) electrons. The molecular formula is C18H23N3O. The van der Waals surface area contributed by atoms with Gasteiger partial charge in [-0.3, -0.25) is 0 Å². The molecule has 1 aliphatic heterocycles. The van der Waals surface area contributed by atoms with Crippen LogP contribution in [0.4, 0.5) is 5.82 Å². The topological polar surface area (TPSA) is 38.2 Å². The second kappa shape index (κ2) is 6.88. The number of benzene rings is 1. The lowest BCUT2D eigenvalue weighted by Gasteiger charge is -2.28. The molecule has 22 heavy (non-hydrogen) atoms. The van der Waals surface area contributed by atoms with Crippen LogP contribution in [-0.4, -0.2) is 36.3 Å². The van der Waals surface area contributed by atoms with Crippen LogP contribution in [0, 0.1) is 5.92 Å². The Hall–Kier alpha value is -1.94. The van der Waals surface area contributed by atoms with Crippen LogP contribution in [-0.2, 0) is 11.2 Å². The molecule has 0 spiro atoms. The lowest BCUT2D eigenvalue weighted by Crippen LogP contribution is -2.37. The van der Waals surface area contributed by atoms with E-state index in [1.807, 2.05) is 18.2 Å². The highest BCUT2D eigenvalue weighted by molar-refractivity contribution is 5.58. The van der Waals surface area contributed by atoms with E-state index in [1.54, 1.807) is 0 Å². The fourth-order valence-electron chi connectivity index (χ4n) is 2.68. The molecule has 3 rings (SSSR count). The van der Waals surface area contributed by atoms with Crippen molar-refractivity contribution in [3.05, 3.63) is 42.1 Å². The number of hydrogen-bond acceptors (Lipinski definition) is 4. The van der Waals surface area contributed by atoms with E-state index in [0.29, 0.717) is 5.92 Å². The molecule has 2 heterocycles. The molecule has 1 aromatic heterocycles. The smallest absolute Gasteiger partial charge is 0.161 e. The highest BCUT2D eigenvalue weighted by Gasteiger charge is 2.16. The summed E-state index contributed by atoms with van der Waals surface area (Å²) in [4.78, 5) is 11.9. The Labute approximate surface area is 132 Å². The number of anilines is 1. The summed E-state index contributed by atoms with van der Waals surface area (Å²) in [5, 5.41) is 0. The average Bonchev–Trinajstić information content (AvgIpc) is 2.55. The molecule has 0 atom stereocenters. The van der Waals surface area contributed by atoms with Crippen molar-refractivity contribution in [2.24, 2.45) is 5.92 Å². The number of morpholine rings is 1. The van der Waals surface area contributed by atoms with Crippen LogP contribution in [0.1, 0.15) is 19.5 Å². The maximum absolute atomic E-state index is 5.45. The minimum absolute atomic E-state index is 0.580. The largest absolute Gasteiger partial charge is 0.378 e. The molecule has 0 amide bonds. The number of rotatable bonds is 4. The number of aromatic nitrogens is 2. The predicted octanol–water partition coefficient (Wildman–Crippen LogP) is 3.18. The van der Waals surface area contributed by atoms with Crippen LogP contribution in [0.25, 0.3) is 11.4 Å². The van der Waals surface area contributed by atoms with E-state index >= 15 is 0 Å². The van der Waals surface area contributed by atoms with Crippen LogP contribution in [0.2, 0.25) is 0 Å². The quantitative estimate of drug-likeness (QED) is 0.869. The summed E-state index contributed by atoms with van der Waals surface area (Å²) in [5.74, 6) is 2.42. The van der Waals surface area contributed by atoms with E-state index in [1.165, 1.54) is 0 Å². The summed E-state index contributed by atoms with van der Waals surface area (Å²) in [6.07, 6.45) is 0.972. The van der Waals surface area contributed by atoms with Crippen LogP contribution in [0.3, 0.4) is 0 Å². The first-order valence-electron chi connectivity index (χ1n) is 7.98. The molecule has 0 N–H and O–H groups in total. The van der Waals surface area contributed by atoms with Gasteiger partial charge in [0.05, 0.1) is 13.2 Å². The molecule has 0 aliphatic carbocycles. The molecule has 0 saturated carbocycles. The highest BCUT2D eigenvalue weighted by Crippen LogP contribution is 2.22. The minimum Gasteiger partial charge on any atom is -0.378 e. The van der Waals surface area contributed by atoms with Gasteiger partial charge in [-0.05, 0) is 12.3 Å². The Morgan fingerprint density at radius 3 is 2.50 bits per heavy atom. The van der Waals surface area contributed by atoms with Crippen molar-refractivity contribution < 1.29 is 4.74 Å². The van der Waals surface area contributed by atoms with E-state index in [0.717, 1.165) is 55.6 Å². The fraction of sp³-hybridized carbons (Fsp3) is 0.444. The van der Waals surface area contributed by atoms with Gasteiger partial charge in [0.25, 0.3) is 0 Å². The zero-order valence-corrected chi connectivity index (χ0v) is 13.3. The Kier molecular flexibility index (Phi) is 4.68. The number of nitrogens with zero attached hydrogens (tertiary/aromatic N) is 3. The third-order valence-corrected chi connectivity index (χ3v) is 3.75. The zero-order chi connectivity index (χ0) is 15.4. The summed E-state index contributed by atoms with van der Waals surface area (Å²) in [6.45, 7) is 7.77. The number of hydrogen-bond donors (Lipinski definition) is 0. The lowest BCUT2D eigenvalue weighted by molar-refractivity contribution is 0.122. The first-order chi connectivity index (χ1) is 10.7. The summed E-state index contributed by atoms with van der Waals surface area (Å²) in [5.41, 5.74) is 2.19. The maximum Gasteiger partial charge on any atom is 0.161 e. The molecule has 1 saturated heterocycles. The van der Waals surface area contributed by atoms with Crippen LogP contribution in [0.15, 0.2) is 36.4 Å². The van der Waals surface area contributed by atoms with Crippen molar-refractivity contribution in [1.29, 1.82) is 0 Å². The van der Waals surface area contributed by atoms with Gasteiger partial charge in [-0.15, -0.1) is 0 Å². The summed E-state index contributed by atoms with van der Waals surface area (Å²) < 4.78 is 5.45. The van der Waals surface area contributed by atoms with Crippen LogP contribution < -0.4 is 4.90 Å². The molecule has 4 heteroatoms. The van der Waals surface area contributed by atoms with Gasteiger partial charge in [0.15, 0.2) is 5.82 Å². The molecular weight excluding hydrogens is 274 g/mol. The van der Waals surface area contributed by atoms with E-state index in [4.69, 9.17) is 14.7 Å². The molecule has 116 valence electrons. The van der Waals surface area contributed by atoms with Gasteiger partial charge in [0, 0.05) is 30.4 Å². The third-order valence-electron chi connectivity index (χ3n) is 3.75. The Morgan fingerprint density at radius 1 is 1.09 bits per heavy atom. The molecule has 0 unspecified atom stereocenters. The van der Waals surface area contributed by atoms with Gasteiger partial charge in [0.2, 0.25) is 0 Å². The lowest BCUT2D eigenvalue weighted by atomic mass is 10.1. The fourth-order valence-corrected chi connectivity index (χ4v) is 2.68. The Morgan fingerprint density at radius 2 is 1.82 bits per heavy atom.